The first kappa shape index (κ1) is 28.9. The fourth-order valence-corrected chi connectivity index (χ4v) is 4.79. The predicted molar refractivity (Wildman–Crippen MR) is 107 cm³/mol. The third-order valence-electron chi connectivity index (χ3n) is 4.46. The Hall–Kier alpha value is -1.34. The summed E-state index contributed by atoms with van der Waals surface area (Å²) >= 11 is 0. The number of rotatable bonds is 12. The van der Waals surface area contributed by atoms with Crippen LogP contribution in [-0.4, -0.2) is 106 Å². The molecule has 9 atom stereocenters. The van der Waals surface area contributed by atoms with E-state index in [1.54, 1.807) is 0 Å². The Labute approximate surface area is 190 Å². The molecule has 1 aliphatic rings. The maximum absolute atomic E-state index is 12.0. The Kier molecular flexibility index (Phi) is 9.85. The van der Waals surface area contributed by atoms with Crippen LogP contribution in [0.25, 0.3) is 0 Å². The normalized spacial score (nSPS) is 29.2. The van der Waals surface area contributed by atoms with Gasteiger partial charge in [-0.05, 0) is 6.07 Å². The lowest BCUT2D eigenvalue weighted by Gasteiger charge is -2.23. The average Bonchev–Trinajstić information content (AvgIpc) is 3.03. The summed E-state index contributed by atoms with van der Waals surface area (Å²) < 4.78 is 42.6. The van der Waals surface area contributed by atoms with Crippen LogP contribution in [-0.2, 0) is 27.2 Å². The molecule has 10 N–H and O–H groups in total. The third-order valence-corrected chi connectivity index (χ3v) is 7.06. The molecule has 2 unspecified atom stereocenters. The molecule has 18 nitrogen and oxygen atoms in total. The Morgan fingerprint density at radius 1 is 1.12 bits per heavy atom. The van der Waals surface area contributed by atoms with Gasteiger partial charge in [0.25, 0.3) is 0 Å². The van der Waals surface area contributed by atoms with E-state index in [2.05, 4.69) is 18.3 Å². The van der Waals surface area contributed by atoms with Crippen molar-refractivity contribution in [1.29, 1.82) is 0 Å². The lowest BCUT2D eigenvalue weighted by molar-refractivity contribution is -0.0891. The average molecular weight is 537 g/mol. The molecule has 1 aromatic rings. The van der Waals surface area contributed by atoms with E-state index in [1.165, 1.54) is 6.07 Å². The minimum Gasteiger partial charge on any atom is -0.394 e. The van der Waals surface area contributed by atoms with Crippen LogP contribution in [0.3, 0.4) is 0 Å². The Balaban J connectivity index is 1.94. The van der Waals surface area contributed by atoms with Crippen molar-refractivity contribution >= 4 is 21.5 Å². The zero-order valence-corrected chi connectivity index (χ0v) is 18.9. The molecule has 1 saturated heterocycles. The fraction of sp³-hybridized carbons (Fsp3) is 0.714. The number of ether oxygens (including phenoxy) is 1. The molecular formula is C14H25N3O15P2. The number of phosphoric acid groups is 2. The molecule has 0 radical (unpaired) electrons. The second-order valence-electron chi connectivity index (χ2n) is 7.01. The first-order chi connectivity index (χ1) is 15.7. The second kappa shape index (κ2) is 11.6. The van der Waals surface area contributed by atoms with Gasteiger partial charge >= 0.3 is 21.3 Å². The van der Waals surface area contributed by atoms with Crippen LogP contribution >= 0.6 is 15.6 Å². The summed E-state index contributed by atoms with van der Waals surface area (Å²) in [6.07, 6.45) is -11.1. The van der Waals surface area contributed by atoms with Crippen molar-refractivity contribution in [2.24, 2.45) is 0 Å². The number of hydrogen-bond donors (Lipinski definition) is 9. The van der Waals surface area contributed by atoms with Crippen LogP contribution in [0.2, 0.25) is 0 Å². The monoisotopic (exact) mass is 537 g/mol. The SMILES string of the molecule is Nc1ccn([C@@H]2O[C@H](COP(=O)(O)OP(=O)(O)OC[C@@H](O)[C@@H](O)[C@@H](O)CO)[C@@H](O)[C@H]2O)c(=O)n1. The molecule has 0 saturated carbocycles. The molecule has 2 heterocycles. The summed E-state index contributed by atoms with van der Waals surface area (Å²) in [6, 6.07) is 1.21. The van der Waals surface area contributed by atoms with Crippen molar-refractivity contribution in [2.75, 3.05) is 25.6 Å². The summed E-state index contributed by atoms with van der Waals surface area (Å²) in [7, 11) is -10.7. The van der Waals surface area contributed by atoms with Crippen molar-refractivity contribution in [3.63, 3.8) is 0 Å². The summed E-state index contributed by atoms with van der Waals surface area (Å²) in [5, 5.41) is 57.0. The lowest BCUT2D eigenvalue weighted by Crippen LogP contribution is -2.41. The number of aliphatic hydroxyl groups excluding tert-OH is 6. The summed E-state index contributed by atoms with van der Waals surface area (Å²) in [4.78, 5) is 34.5. The van der Waals surface area contributed by atoms with Crippen LogP contribution in [0.5, 0.6) is 0 Å². The number of aromatic nitrogens is 2. The van der Waals surface area contributed by atoms with Gasteiger partial charge in [0.05, 0.1) is 19.8 Å². The highest BCUT2D eigenvalue weighted by molar-refractivity contribution is 7.61. The van der Waals surface area contributed by atoms with Gasteiger partial charge in [-0.2, -0.15) is 9.29 Å². The van der Waals surface area contributed by atoms with Gasteiger partial charge in [0.2, 0.25) is 0 Å². The maximum Gasteiger partial charge on any atom is 0.481 e. The Morgan fingerprint density at radius 3 is 2.32 bits per heavy atom. The molecule has 0 amide bonds. The zero-order chi connectivity index (χ0) is 25.8. The molecule has 20 heteroatoms. The number of nitrogens with zero attached hydrogens (tertiary/aromatic N) is 2. The molecule has 1 aromatic heterocycles. The van der Waals surface area contributed by atoms with Gasteiger partial charge in [0.1, 0.15) is 42.4 Å². The van der Waals surface area contributed by atoms with Gasteiger partial charge in [0, 0.05) is 6.20 Å². The molecule has 196 valence electrons. The van der Waals surface area contributed by atoms with E-state index in [0.29, 0.717) is 0 Å². The van der Waals surface area contributed by atoms with E-state index in [0.717, 1.165) is 10.8 Å². The Morgan fingerprint density at radius 2 is 1.74 bits per heavy atom. The molecule has 0 spiro atoms. The number of nitrogen functional groups attached to an aromatic ring is 1. The number of nitrogens with two attached hydrogens (primary N) is 1. The van der Waals surface area contributed by atoms with Crippen LogP contribution in [0.15, 0.2) is 17.1 Å². The third kappa shape index (κ3) is 7.58. The lowest BCUT2D eigenvalue weighted by atomic mass is 10.1. The minimum absolute atomic E-state index is 0.116. The summed E-state index contributed by atoms with van der Waals surface area (Å²) in [6.45, 7) is -3.07. The first-order valence-corrected chi connectivity index (χ1v) is 12.3. The smallest absolute Gasteiger partial charge is 0.394 e. The van der Waals surface area contributed by atoms with Gasteiger partial charge < -0.3 is 50.9 Å². The van der Waals surface area contributed by atoms with Crippen molar-refractivity contribution < 1.29 is 67.7 Å². The second-order valence-corrected chi connectivity index (χ2v) is 10.1. The van der Waals surface area contributed by atoms with Gasteiger partial charge in [-0.25, -0.2) is 13.9 Å². The first-order valence-electron chi connectivity index (χ1n) is 9.34. The number of anilines is 1. The van der Waals surface area contributed by atoms with Crippen molar-refractivity contribution in [3.8, 4) is 0 Å². The molecular weight excluding hydrogens is 512 g/mol. The van der Waals surface area contributed by atoms with Gasteiger partial charge in [-0.3, -0.25) is 13.6 Å². The minimum atomic E-state index is -5.38. The zero-order valence-electron chi connectivity index (χ0n) is 17.1. The highest BCUT2D eigenvalue weighted by Crippen LogP contribution is 2.60. The van der Waals surface area contributed by atoms with Gasteiger partial charge in [0.15, 0.2) is 6.23 Å². The molecule has 2 rings (SSSR count). The molecule has 0 aromatic carbocycles. The van der Waals surface area contributed by atoms with Crippen LogP contribution < -0.4 is 11.4 Å². The molecule has 0 aliphatic carbocycles. The molecule has 0 bridgehead atoms. The van der Waals surface area contributed by atoms with E-state index >= 15 is 0 Å². The van der Waals surface area contributed by atoms with Crippen LogP contribution in [0, 0.1) is 0 Å². The maximum atomic E-state index is 12.0. The van der Waals surface area contributed by atoms with Gasteiger partial charge in [-0.1, -0.05) is 0 Å². The van der Waals surface area contributed by atoms with Crippen molar-refractivity contribution in [3.05, 3.63) is 22.7 Å². The van der Waals surface area contributed by atoms with Crippen molar-refractivity contribution in [1.82, 2.24) is 9.55 Å². The number of phosphoric ester groups is 2. The van der Waals surface area contributed by atoms with E-state index in [4.69, 9.17) is 15.6 Å². The van der Waals surface area contributed by atoms with Gasteiger partial charge in [-0.15, -0.1) is 0 Å². The number of aliphatic hydroxyl groups is 6. The predicted octanol–water partition coefficient (Wildman–Crippen LogP) is -4.23. The molecule has 1 fully saturated rings. The van der Waals surface area contributed by atoms with E-state index in [9.17, 15) is 49.2 Å². The van der Waals surface area contributed by atoms with Crippen LogP contribution in [0.4, 0.5) is 5.82 Å². The van der Waals surface area contributed by atoms with E-state index in [-0.39, 0.29) is 5.82 Å². The topological polar surface area (TPSA) is 294 Å². The highest BCUT2D eigenvalue weighted by atomic mass is 31.3. The van der Waals surface area contributed by atoms with Crippen molar-refractivity contribution in [2.45, 2.75) is 42.9 Å². The quantitative estimate of drug-likeness (QED) is 0.114. The largest absolute Gasteiger partial charge is 0.481 e. The highest BCUT2D eigenvalue weighted by Gasteiger charge is 2.46. The standard InChI is InChI=1S/C14H25N3O15P2/c15-9-1-2-17(14(24)16-9)13-12(23)11(22)8(31-13)5-30-34(27,28)32-33(25,26)29-4-7(20)10(21)6(19)3-18/h1-2,6-8,10-13,18-23H,3-5H2,(H,25,26)(H,27,28)(H2,15,16,24)/t6-,7+,8+,10-,11+,12+,13+/m0/s1. The van der Waals surface area contributed by atoms with E-state index in [1.807, 2.05) is 0 Å². The van der Waals surface area contributed by atoms with Crippen LogP contribution in [0.1, 0.15) is 6.23 Å². The van der Waals surface area contributed by atoms with E-state index < -0.39 is 84.0 Å². The summed E-state index contributed by atoms with van der Waals surface area (Å²) in [5.74, 6) is -0.116. The summed E-state index contributed by atoms with van der Waals surface area (Å²) in [5.41, 5.74) is 4.44. The Bertz CT molecular complexity index is 978. The fourth-order valence-electron chi connectivity index (χ4n) is 2.69. The number of hydrogen-bond acceptors (Lipinski definition) is 15. The molecule has 34 heavy (non-hydrogen) atoms. The molecule has 1 aliphatic heterocycles.